The van der Waals surface area contributed by atoms with Crippen molar-refractivity contribution in [2.24, 2.45) is 0 Å². The van der Waals surface area contributed by atoms with E-state index in [4.69, 9.17) is 0 Å². The van der Waals surface area contributed by atoms with Crippen molar-refractivity contribution in [1.29, 1.82) is 0 Å². The molecule has 2 aromatic carbocycles. The molecule has 26 heavy (non-hydrogen) atoms. The molecule has 0 unspecified atom stereocenters. The summed E-state index contributed by atoms with van der Waals surface area (Å²) in [6.07, 6.45) is 3.59. The number of rotatable bonds is 2. The van der Waals surface area contributed by atoms with Gasteiger partial charge in [-0.3, -0.25) is 0 Å². The Morgan fingerprint density at radius 1 is 0.654 bits per heavy atom. The molecule has 0 aliphatic carbocycles. The minimum absolute atomic E-state index is 0.808. The summed E-state index contributed by atoms with van der Waals surface area (Å²) in [5, 5.41) is 11.1. The molecule has 0 amide bonds. The van der Waals surface area contributed by atoms with Crippen molar-refractivity contribution in [3.63, 3.8) is 0 Å². The van der Waals surface area contributed by atoms with Crippen molar-refractivity contribution in [3.8, 4) is 0 Å². The summed E-state index contributed by atoms with van der Waals surface area (Å²) in [5.41, 5.74) is 3.06. The zero-order valence-electron chi connectivity index (χ0n) is 14.3. The van der Waals surface area contributed by atoms with Crippen LogP contribution < -0.4 is 9.80 Å². The molecule has 1 fully saturated rings. The monoisotopic (exact) mass is 342 g/mol. The lowest BCUT2D eigenvalue weighted by molar-refractivity contribution is 0.640. The molecular weight excluding hydrogens is 324 g/mol. The lowest BCUT2D eigenvalue weighted by Crippen LogP contribution is -2.47. The van der Waals surface area contributed by atoms with Crippen molar-refractivity contribution in [2.45, 2.75) is 0 Å². The molecule has 5 rings (SSSR count). The fourth-order valence-corrected chi connectivity index (χ4v) is 3.54. The molecule has 128 valence electrons. The quantitative estimate of drug-likeness (QED) is 0.522. The van der Waals surface area contributed by atoms with Crippen molar-refractivity contribution in [3.05, 3.63) is 60.9 Å². The lowest BCUT2D eigenvalue weighted by Gasteiger charge is -2.36. The number of aromatic nitrogens is 4. The van der Waals surface area contributed by atoms with Crippen LogP contribution in [0.15, 0.2) is 60.9 Å². The van der Waals surface area contributed by atoms with Gasteiger partial charge < -0.3 is 9.80 Å². The first-order valence-electron chi connectivity index (χ1n) is 8.81. The molecule has 1 aliphatic heterocycles. The summed E-state index contributed by atoms with van der Waals surface area (Å²) in [4.78, 5) is 13.3. The molecule has 1 aliphatic rings. The molecular formula is C20H18N6. The average Bonchev–Trinajstić information content (AvgIpc) is 2.74. The Hall–Kier alpha value is -3.28. The number of nitrogens with zero attached hydrogens (tertiary/aromatic N) is 6. The molecule has 1 saturated heterocycles. The number of hydrogen-bond acceptors (Lipinski definition) is 6. The van der Waals surface area contributed by atoms with Crippen LogP contribution >= 0.6 is 0 Å². The van der Waals surface area contributed by atoms with Crippen LogP contribution in [0.2, 0.25) is 0 Å². The van der Waals surface area contributed by atoms with Crippen LogP contribution in [-0.2, 0) is 0 Å². The van der Waals surface area contributed by atoms with E-state index in [1.165, 1.54) is 5.69 Å². The van der Waals surface area contributed by atoms with Gasteiger partial charge in [0.15, 0.2) is 0 Å². The van der Waals surface area contributed by atoms with Crippen LogP contribution in [0.25, 0.3) is 21.8 Å². The SMILES string of the molecule is c1cnc(N2CCN(c3ccc4c(c3)nnc3ccccc34)CC2)nc1. The minimum atomic E-state index is 0.808. The summed E-state index contributed by atoms with van der Waals surface area (Å²) in [6.45, 7) is 3.69. The summed E-state index contributed by atoms with van der Waals surface area (Å²) in [6, 6.07) is 16.5. The van der Waals surface area contributed by atoms with Crippen LogP contribution in [-0.4, -0.2) is 46.3 Å². The summed E-state index contributed by atoms with van der Waals surface area (Å²) in [5.74, 6) is 0.808. The Morgan fingerprint density at radius 2 is 1.35 bits per heavy atom. The zero-order chi connectivity index (χ0) is 17.3. The first-order valence-corrected chi connectivity index (χ1v) is 8.81. The number of benzene rings is 2. The summed E-state index contributed by atoms with van der Waals surface area (Å²) >= 11 is 0. The maximum Gasteiger partial charge on any atom is 0.225 e. The number of anilines is 2. The van der Waals surface area contributed by atoms with Crippen molar-refractivity contribution < 1.29 is 0 Å². The van der Waals surface area contributed by atoms with E-state index in [1.54, 1.807) is 12.4 Å². The highest BCUT2D eigenvalue weighted by atomic mass is 15.3. The van der Waals surface area contributed by atoms with Crippen LogP contribution in [0.5, 0.6) is 0 Å². The molecule has 4 aromatic rings. The molecule has 0 N–H and O–H groups in total. The van der Waals surface area contributed by atoms with Gasteiger partial charge in [-0.15, -0.1) is 10.2 Å². The van der Waals surface area contributed by atoms with Gasteiger partial charge in [-0.2, -0.15) is 0 Å². The third kappa shape index (κ3) is 2.60. The predicted molar refractivity (Wildman–Crippen MR) is 104 cm³/mol. The zero-order valence-corrected chi connectivity index (χ0v) is 14.3. The molecule has 6 heteroatoms. The van der Waals surface area contributed by atoms with Gasteiger partial charge in [0.2, 0.25) is 5.95 Å². The lowest BCUT2D eigenvalue weighted by atomic mass is 10.1. The fourth-order valence-electron chi connectivity index (χ4n) is 3.54. The Labute approximate surface area is 151 Å². The van der Waals surface area contributed by atoms with Gasteiger partial charge >= 0.3 is 0 Å². The second kappa shape index (κ2) is 6.22. The molecule has 2 aromatic heterocycles. The van der Waals surface area contributed by atoms with Crippen LogP contribution in [0.1, 0.15) is 0 Å². The maximum atomic E-state index is 4.42. The topological polar surface area (TPSA) is 58.0 Å². The van der Waals surface area contributed by atoms with Crippen LogP contribution in [0.3, 0.4) is 0 Å². The normalized spacial score (nSPS) is 14.9. The van der Waals surface area contributed by atoms with E-state index in [2.05, 4.69) is 54.2 Å². The second-order valence-corrected chi connectivity index (χ2v) is 6.44. The molecule has 3 heterocycles. The highest BCUT2D eigenvalue weighted by Crippen LogP contribution is 2.26. The first-order chi connectivity index (χ1) is 12.9. The summed E-state index contributed by atoms with van der Waals surface area (Å²) < 4.78 is 0. The van der Waals surface area contributed by atoms with Gasteiger partial charge in [-0.05, 0) is 30.3 Å². The van der Waals surface area contributed by atoms with E-state index in [9.17, 15) is 0 Å². The standard InChI is InChI=1S/C20H18N6/c1-2-5-18-16(4-1)17-7-6-15(14-19(17)24-23-18)25-10-12-26(13-11-25)20-21-8-3-9-22-20/h1-9,14H,10-13H2. The molecule has 0 atom stereocenters. The highest BCUT2D eigenvalue weighted by Gasteiger charge is 2.19. The van der Waals surface area contributed by atoms with Gasteiger partial charge in [0.1, 0.15) is 0 Å². The van der Waals surface area contributed by atoms with Crippen LogP contribution in [0.4, 0.5) is 11.6 Å². The van der Waals surface area contributed by atoms with E-state index in [0.717, 1.165) is 53.9 Å². The van der Waals surface area contributed by atoms with Crippen LogP contribution in [0, 0.1) is 0 Å². The van der Waals surface area contributed by atoms with E-state index < -0.39 is 0 Å². The molecule has 0 radical (unpaired) electrons. The van der Waals surface area contributed by atoms with Gasteiger partial charge in [0.25, 0.3) is 0 Å². The third-order valence-electron chi connectivity index (χ3n) is 4.92. The van der Waals surface area contributed by atoms with Gasteiger partial charge in [0, 0.05) is 55.0 Å². The largest absolute Gasteiger partial charge is 0.368 e. The Kier molecular flexibility index (Phi) is 3.59. The van der Waals surface area contributed by atoms with Gasteiger partial charge in [-0.25, -0.2) is 9.97 Å². The second-order valence-electron chi connectivity index (χ2n) is 6.44. The first kappa shape index (κ1) is 15.0. The summed E-state index contributed by atoms with van der Waals surface area (Å²) in [7, 11) is 0. The number of hydrogen-bond donors (Lipinski definition) is 0. The van der Waals surface area contributed by atoms with Crippen molar-refractivity contribution in [2.75, 3.05) is 36.0 Å². The van der Waals surface area contributed by atoms with Crippen molar-refractivity contribution in [1.82, 2.24) is 20.2 Å². The Bertz CT molecular complexity index is 1060. The minimum Gasteiger partial charge on any atom is -0.368 e. The molecule has 6 nitrogen and oxygen atoms in total. The smallest absolute Gasteiger partial charge is 0.225 e. The van der Waals surface area contributed by atoms with E-state index in [-0.39, 0.29) is 0 Å². The number of fused-ring (bicyclic) bond motifs is 3. The third-order valence-corrected chi connectivity index (χ3v) is 4.92. The van der Waals surface area contributed by atoms with E-state index in [0.29, 0.717) is 0 Å². The predicted octanol–water partition coefficient (Wildman–Crippen LogP) is 2.90. The maximum absolute atomic E-state index is 4.42. The molecule has 0 saturated carbocycles. The van der Waals surface area contributed by atoms with Gasteiger partial charge in [0.05, 0.1) is 11.0 Å². The van der Waals surface area contributed by atoms with Gasteiger partial charge in [-0.1, -0.05) is 18.2 Å². The Morgan fingerprint density at radius 3 is 2.19 bits per heavy atom. The number of piperazine rings is 1. The molecule has 0 bridgehead atoms. The Balaban J connectivity index is 1.41. The average molecular weight is 342 g/mol. The van der Waals surface area contributed by atoms with E-state index >= 15 is 0 Å². The molecule has 0 spiro atoms. The van der Waals surface area contributed by atoms with Crippen molar-refractivity contribution >= 4 is 33.4 Å². The van der Waals surface area contributed by atoms with E-state index in [1.807, 2.05) is 24.3 Å². The highest BCUT2D eigenvalue weighted by molar-refractivity contribution is 6.04. The fraction of sp³-hybridized carbons (Fsp3) is 0.200.